The van der Waals surface area contributed by atoms with Gasteiger partial charge in [0.05, 0.1) is 6.10 Å². The number of hydrogen-bond donors (Lipinski definition) is 1. The molecule has 1 aliphatic carbocycles. The second-order valence-electron chi connectivity index (χ2n) is 6.47. The summed E-state index contributed by atoms with van der Waals surface area (Å²) in [5, 5.41) is 3.45. The number of likely N-dealkylation sites (tertiary alicyclic amines) is 1. The summed E-state index contributed by atoms with van der Waals surface area (Å²) in [7, 11) is 0. The number of nitrogens with one attached hydrogen (secondary N) is 1. The van der Waals surface area contributed by atoms with Crippen LogP contribution in [-0.4, -0.2) is 50.3 Å². The predicted octanol–water partition coefficient (Wildman–Crippen LogP) is 2.30. The first-order valence-corrected chi connectivity index (χ1v) is 7.95. The van der Waals surface area contributed by atoms with E-state index in [9.17, 15) is 0 Å². The van der Waals surface area contributed by atoms with Crippen molar-refractivity contribution in [1.29, 1.82) is 0 Å². The second-order valence-corrected chi connectivity index (χ2v) is 6.47. The van der Waals surface area contributed by atoms with Gasteiger partial charge in [-0.05, 0) is 63.5 Å². The van der Waals surface area contributed by atoms with E-state index in [-0.39, 0.29) is 12.4 Å². The number of hydrogen-bond acceptors (Lipinski definition) is 3. The molecule has 0 amide bonds. The highest BCUT2D eigenvalue weighted by atomic mass is 35.5. The minimum absolute atomic E-state index is 0. The van der Waals surface area contributed by atoms with Crippen LogP contribution in [0.15, 0.2) is 0 Å². The molecule has 3 nitrogen and oxygen atoms in total. The first-order chi connectivity index (χ1) is 8.90. The Labute approximate surface area is 123 Å². The summed E-state index contributed by atoms with van der Waals surface area (Å²) in [6.07, 6.45) is 8.66. The molecule has 3 aliphatic rings. The molecule has 3 fully saturated rings. The van der Waals surface area contributed by atoms with Gasteiger partial charge in [-0.2, -0.15) is 0 Å². The van der Waals surface area contributed by atoms with E-state index in [1.165, 1.54) is 71.2 Å². The SMILES string of the molecule is C1CC(CN2CCC(OCC3CC3)CC2)CCN1.Cl. The zero-order valence-corrected chi connectivity index (χ0v) is 12.8. The standard InChI is InChI=1S/C15H28N2O.ClH/c1-2-14(1)12-18-15-5-9-17(10-6-15)11-13-3-7-16-8-4-13;/h13-16H,1-12H2;1H. The van der Waals surface area contributed by atoms with Crippen molar-refractivity contribution in [3.8, 4) is 0 Å². The van der Waals surface area contributed by atoms with Crippen molar-refractivity contribution in [3.63, 3.8) is 0 Å². The molecule has 4 heteroatoms. The van der Waals surface area contributed by atoms with Gasteiger partial charge in [-0.1, -0.05) is 0 Å². The van der Waals surface area contributed by atoms with Crippen molar-refractivity contribution in [2.24, 2.45) is 11.8 Å². The average molecular weight is 289 g/mol. The van der Waals surface area contributed by atoms with Gasteiger partial charge in [-0.25, -0.2) is 0 Å². The molecule has 2 aliphatic heterocycles. The lowest BCUT2D eigenvalue weighted by atomic mass is 9.96. The maximum atomic E-state index is 6.01. The molecule has 2 saturated heterocycles. The third-order valence-electron chi connectivity index (χ3n) is 4.77. The van der Waals surface area contributed by atoms with Crippen molar-refractivity contribution in [2.75, 3.05) is 39.3 Å². The molecular formula is C15H29ClN2O. The summed E-state index contributed by atoms with van der Waals surface area (Å²) in [6, 6.07) is 0. The fraction of sp³-hybridized carbons (Fsp3) is 1.00. The maximum absolute atomic E-state index is 6.01. The molecule has 3 rings (SSSR count). The molecule has 0 unspecified atom stereocenters. The Bertz CT molecular complexity index is 247. The van der Waals surface area contributed by atoms with Gasteiger partial charge in [0, 0.05) is 26.2 Å². The van der Waals surface area contributed by atoms with Crippen molar-refractivity contribution in [3.05, 3.63) is 0 Å². The molecule has 0 radical (unpaired) electrons. The second kappa shape index (κ2) is 7.82. The highest BCUT2D eigenvalue weighted by Crippen LogP contribution is 2.30. The Hall–Kier alpha value is 0.170. The van der Waals surface area contributed by atoms with Crippen LogP contribution in [0, 0.1) is 11.8 Å². The summed E-state index contributed by atoms with van der Waals surface area (Å²) in [5.41, 5.74) is 0. The number of rotatable bonds is 5. The van der Waals surface area contributed by atoms with Crippen LogP contribution in [0.2, 0.25) is 0 Å². The van der Waals surface area contributed by atoms with Crippen LogP contribution < -0.4 is 5.32 Å². The van der Waals surface area contributed by atoms with E-state index >= 15 is 0 Å². The van der Waals surface area contributed by atoms with Crippen LogP contribution in [0.4, 0.5) is 0 Å². The summed E-state index contributed by atoms with van der Waals surface area (Å²) in [4.78, 5) is 2.67. The Balaban J connectivity index is 0.00000133. The lowest BCUT2D eigenvalue weighted by Gasteiger charge is -2.35. The first-order valence-electron chi connectivity index (χ1n) is 7.95. The molecule has 1 N–H and O–H groups in total. The maximum Gasteiger partial charge on any atom is 0.0599 e. The quantitative estimate of drug-likeness (QED) is 0.840. The van der Waals surface area contributed by atoms with Crippen LogP contribution in [0.1, 0.15) is 38.5 Å². The number of piperidine rings is 2. The zero-order valence-electron chi connectivity index (χ0n) is 12.0. The minimum Gasteiger partial charge on any atom is -0.378 e. The molecule has 0 bridgehead atoms. The Morgan fingerprint density at radius 2 is 1.58 bits per heavy atom. The summed E-state index contributed by atoms with van der Waals surface area (Å²) in [6.45, 7) is 7.35. The van der Waals surface area contributed by atoms with Gasteiger partial charge in [0.1, 0.15) is 0 Å². The summed E-state index contributed by atoms with van der Waals surface area (Å²) in [5.74, 6) is 1.85. The van der Waals surface area contributed by atoms with Crippen molar-refractivity contribution < 1.29 is 4.74 Å². The molecule has 1 saturated carbocycles. The fourth-order valence-corrected chi connectivity index (χ4v) is 3.24. The third kappa shape index (κ3) is 5.22. The van der Waals surface area contributed by atoms with Gasteiger partial charge >= 0.3 is 0 Å². The van der Waals surface area contributed by atoms with Gasteiger partial charge < -0.3 is 15.0 Å². The van der Waals surface area contributed by atoms with E-state index in [1.54, 1.807) is 0 Å². The molecular weight excluding hydrogens is 260 g/mol. The molecule has 19 heavy (non-hydrogen) atoms. The molecule has 0 aromatic carbocycles. The van der Waals surface area contributed by atoms with Gasteiger partial charge in [0.2, 0.25) is 0 Å². The minimum atomic E-state index is 0. The number of nitrogens with zero attached hydrogens (tertiary/aromatic N) is 1. The Kier molecular flexibility index (Phi) is 6.40. The van der Waals surface area contributed by atoms with Crippen molar-refractivity contribution >= 4 is 12.4 Å². The molecule has 0 aromatic rings. The number of ether oxygens (including phenoxy) is 1. The van der Waals surface area contributed by atoms with Crippen molar-refractivity contribution in [1.82, 2.24) is 10.2 Å². The van der Waals surface area contributed by atoms with Crippen LogP contribution in [0.5, 0.6) is 0 Å². The Morgan fingerprint density at radius 3 is 2.21 bits per heavy atom. The van der Waals surface area contributed by atoms with Crippen LogP contribution >= 0.6 is 12.4 Å². The van der Waals surface area contributed by atoms with Gasteiger partial charge in [-0.15, -0.1) is 12.4 Å². The Morgan fingerprint density at radius 1 is 0.895 bits per heavy atom. The summed E-state index contributed by atoms with van der Waals surface area (Å²) < 4.78 is 6.01. The predicted molar refractivity (Wildman–Crippen MR) is 81.0 cm³/mol. The van der Waals surface area contributed by atoms with Gasteiger partial charge in [0.25, 0.3) is 0 Å². The topological polar surface area (TPSA) is 24.5 Å². The lowest BCUT2D eigenvalue weighted by Crippen LogP contribution is -2.42. The highest BCUT2D eigenvalue weighted by molar-refractivity contribution is 5.85. The van der Waals surface area contributed by atoms with E-state index in [4.69, 9.17) is 4.74 Å². The first kappa shape index (κ1) is 15.6. The van der Waals surface area contributed by atoms with E-state index in [2.05, 4.69) is 10.2 Å². The third-order valence-corrected chi connectivity index (χ3v) is 4.77. The lowest BCUT2D eigenvalue weighted by molar-refractivity contribution is -0.00104. The molecule has 0 spiro atoms. The normalized spacial score (nSPS) is 27.2. The highest BCUT2D eigenvalue weighted by Gasteiger charge is 2.26. The largest absolute Gasteiger partial charge is 0.378 e. The van der Waals surface area contributed by atoms with E-state index in [0.717, 1.165) is 18.4 Å². The molecule has 0 aromatic heterocycles. The van der Waals surface area contributed by atoms with Crippen molar-refractivity contribution in [2.45, 2.75) is 44.6 Å². The monoisotopic (exact) mass is 288 g/mol. The fourth-order valence-electron chi connectivity index (χ4n) is 3.24. The van der Waals surface area contributed by atoms with Crippen LogP contribution in [-0.2, 0) is 4.74 Å². The molecule has 0 atom stereocenters. The number of halogens is 1. The van der Waals surface area contributed by atoms with E-state index in [0.29, 0.717) is 6.10 Å². The van der Waals surface area contributed by atoms with E-state index in [1.807, 2.05) is 0 Å². The van der Waals surface area contributed by atoms with Crippen LogP contribution in [0.25, 0.3) is 0 Å². The van der Waals surface area contributed by atoms with E-state index < -0.39 is 0 Å². The molecule has 112 valence electrons. The van der Waals surface area contributed by atoms with Crippen LogP contribution in [0.3, 0.4) is 0 Å². The summed E-state index contributed by atoms with van der Waals surface area (Å²) >= 11 is 0. The van der Waals surface area contributed by atoms with Gasteiger partial charge in [0.15, 0.2) is 0 Å². The van der Waals surface area contributed by atoms with Gasteiger partial charge in [-0.3, -0.25) is 0 Å². The zero-order chi connectivity index (χ0) is 12.2. The average Bonchev–Trinajstić information content (AvgIpc) is 3.23. The smallest absolute Gasteiger partial charge is 0.0599 e. The molecule has 2 heterocycles.